The second kappa shape index (κ2) is 7.91. The van der Waals surface area contributed by atoms with Crippen LogP contribution in [0.5, 0.6) is 0 Å². The monoisotopic (exact) mass is 389 g/mol. The minimum Gasteiger partial charge on any atom is -0.337 e. The number of hydrogen-bond donors (Lipinski definition) is 1. The molecule has 0 atom stereocenters. The maximum absolute atomic E-state index is 12.9. The number of ketones is 1. The van der Waals surface area contributed by atoms with Gasteiger partial charge < -0.3 is 14.8 Å². The highest BCUT2D eigenvalue weighted by Crippen LogP contribution is 2.23. The Hall–Kier alpha value is -3.41. The lowest BCUT2D eigenvalue weighted by atomic mass is 10.1. The number of para-hydroxylation sites is 1. The summed E-state index contributed by atoms with van der Waals surface area (Å²) in [5, 5.41) is 3.56. The molecule has 4 rings (SSSR count). The van der Waals surface area contributed by atoms with Crippen LogP contribution in [0, 0.1) is 6.92 Å². The molecule has 6 nitrogen and oxygen atoms in total. The summed E-state index contributed by atoms with van der Waals surface area (Å²) in [7, 11) is 0. The number of aryl methyl sites for hydroxylation is 1. The number of amides is 2. The van der Waals surface area contributed by atoms with Gasteiger partial charge in [-0.1, -0.05) is 35.9 Å². The molecule has 0 aliphatic carbocycles. The summed E-state index contributed by atoms with van der Waals surface area (Å²) in [5.74, 6) is -1.17. The Kier molecular flexibility index (Phi) is 5.16. The summed E-state index contributed by atoms with van der Waals surface area (Å²) in [6.45, 7) is 3.30. The second-order valence-corrected chi connectivity index (χ2v) is 7.43. The molecule has 2 aromatic carbocycles. The van der Waals surface area contributed by atoms with Crippen LogP contribution < -0.4 is 5.32 Å². The van der Waals surface area contributed by atoms with Crippen LogP contribution >= 0.6 is 0 Å². The van der Waals surface area contributed by atoms with Gasteiger partial charge in [-0.3, -0.25) is 14.4 Å². The zero-order chi connectivity index (χ0) is 20.4. The van der Waals surface area contributed by atoms with Gasteiger partial charge in [0, 0.05) is 35.9 Å². The largest absolute Gasteiger partial charge is 0.337 e. The number of anilines is 1. The number of likely N-dealkylation sites (tertiary alicyclic amines) is 1. The van der Waals surface area contributed by atoms with Crippen molar-refractivity contribution in [1.29, 1.82) is 0 Å². The Morgan fingerprint density at radius 2 is 1.66 bits per heavy atom. The van der Waals surface area contributed by atoms with Gasteiger partial charge in [-0.25, -0.2) is 0 Å². The van der Waals surface area contributed by atoms with Gasteiger partial charge in [-0.2, -0.15) is 0 Å². The molecule has 148 valence electrons. The highest BCUT2D eigenvalue weighted by atomic mass is 16.2. The molecule has 1 aliphatic heterocycles. The molecule has 6 heteroatoms. The minimum absolute atomic E-state index is 0.0551. The molecule has 1 aliphatic rings. The number of fused-ring (bicyclic) bond motifs is 1. The maximum Gasteiger partial charge on any atom is 0.295 e. The first-order chi connectivity index (χ1) is 14.0. The molecule has 0 unspecified atom stereocenters. The molecular formula is C23H23N3O3. The Morgan fingerprint density at radius 3 is 2.38 bits per heavy atom. The molecule has 1 aromatic heterocycles. The van der Waals surface area contributed by atoms with E-state index in [0.717, 1.165) is 29.6 Å². The van der Waals surface area contributed by atoms with E-state index in [2.05, 4.69) is 5.32 Å². The van der Waals surface area contributed by atoms with Crippen LogP contribution in [-0.4, -0.2) is 40.2 Å². The van der Waals surface area contributed by atoms with Crippen LogP contribution in [0.15, 0.2) is 54.7 Å². The van der Waals surface area contributed by atoms with Crippen molar-refractivity contribution >= 4 is 34.2 Å². The molecule has 29 heavy (non-hydrogen) atoms. The zero-order valence-corrected chi connectivity index (χ0v) is 16.4. The van der Waals surface area contributed by atoms with Crippen molar-refractivity contribution in [2.75, 3.05) is 18.4 Å². The number of Topliss-reactive ketones (excluding diaryl/α,β-unsaturated/α-hetero) is 1. The van der Waals surface area contributed by atoms with Crippen molar-refractivity contribution in [3.05, 3.63) is 65.9 Å². The molecule has 3 aromatic rings. The SMILES string of the molecule is Cc1ccc(NC(=O)Cn2cc(C(=O)C(=O)N3CCCC3)c3ccccc32)cc1. The third kappa shape index (κ3) is 3.92. The zero-order valence-electron chi connectivity index (χ0n) is 16.4. The number of rotatable bonds is 5. The summed E-state index contributed by atoms with van der Waals surface area (Å²) < 4.78 is 1.73. The summed E-state index contributed by atoms with van der Waals surface area (Å²) in [4.78, 5) is 39.6. The van der Waals surface area contributed by atoms with Crippen molar-refractivity contribution in [3.63, 3.8) is 0 Å². The van der Waals surface area contributed by atoms with Crippen molar-refractivity contribution in [2.45, 2.75) is 26.3 Å². The Bertz CT molecular complexity index is 1080. The van der Waals surface area contributed by atoms with E-state index in [9.17, 15) is 14.4 Å². The highest BCUT2D eigenvalue weighted by molar-refractivity contribution is 6.44. The Balaban J connectivity index is 1.58. The standard InChI is InChI=1S/C23H23N3O3/c1-16-8-10-17(11-9-16)24-21(27)15-26-14-19(18-6-2-3-7-20(18)26)22(28)23(29)25-12-4-5-13-25/h2-3,6-11,14H,4-5,12-13,15H2,1H3,(H,24,27). The van der Waals surface area contributed by atoms with Gasteiger partial charge >= 0.3 is 0 Å². The van der Waals surface area contributed by atoms with Gasteiger partial charge in [0.15, 0.2) is 0 Å². The molecule has 1 N–H and O–H groups in total. The molecule has 0 bridgehead atoms. The maximum atomic E-state index is 12.9. The van der Waals surface area contributed by atoms with Gasteiger partial charge in [0.2, 0.25) is 5.91 Å². The van der Waals surface area contributed by atoms with Crippen LogP contribution in [0.1, 0.15) is 28.8 Å². The molecule has 1 saturated heterocycles. The molecule has 0 saturated carbocycles. The number of benzene rings is 2. The van der Waals surface area contributed by atoms with Crippen molar-refractivity contribution in [1.82, 2.24) is 9.47 Å². The van der Waals surface area contributed by atoms with Crippen molar-refractivity contribution < 1.29 is 14.4 Å². The topological polar surface area (TPSA) is 71.4 Å². The third-order valence-electron chi connectivity index (χ3n) is 5.27. The predicted octanol–water partition coefficient (Wildman–Crippen LogP) is 3.39. The predicted molar refractivity (Wildman–Crippen MR) is 112 cm³/mol. The Morgan fingerprint density at radius 1 is 0.966 bits per heavy atom. The lowest BCUT2D eigenvalue weighted by Crippen LogP contribution is -2.34. The molecule has 2 amide bonds. The fourth-order valence-corrected chi connectivity index (χ4v) is 3.73. The normalized spacial score (nSPS) is 13.6. The second-order valence-electron chi connectivity index (χ2n) is 7.43. The lowest BCUT2D eigenvalue weighted by Gasteiger charge is -2.13. The van der Waals surface area contributed by atoms with Crippen LogP contribution in [0.4, 0.5) is 5.69 Å². The number of carbonyl (C=O) groups is 3. The fourth-order valence-electron chi connectivity index (χ4n) is 3.73. The number of nitrogens with one attached hydrogen (secondary N) is 1. The lowest BCUT2D eigenvalue weighted by molar-refractivity contribution is -0.125. The van der Waals surface area contributed by atoms with E-state index in [4.69, 9.17) is 0 Å². The van der Waals surface area contributed by atoms with E-state index in [-0.39, 0.29) is 12.5 Å². The van der Waals surface area contributed by atoms with E-state index >= 15 is 0 Å². The number of hydrogen-bond acceptors (Lipinski definition) is 3. The quantitative estimate of drug-likeness (QED) is 0.537. The van der Waals surface area contributed by atoms with E-state index in [1.165, 1.54) is 0 Å². The van der Waals surface area contributed by atoms with E-state index in [0.29, 0.717) is 24.0 Å². The number of nitrogens with zero attached hydrogens (tertiary/aromatic N) is 2. The molecule has 0 spiro atoms. The highest BCUT2D eigenvalue weighted by Gasteiger charge is 2.28. The fraction of sp³-hybridized carbons (Fsp3) is 0.261. The summed E-state index contributed by atoms with van der Waals surface area (Å²) >= 11 is 0. The van der Waals surface area contributed by atoms with Gasteiger partial charge in [-0.15, -0.1) is 0 Å². The van der Waals surface area contributed by atoms with E-state index in [1.807, 2.05) is 55.5 Å². The molecule has 0 radical (unpaired) electrons. The average molecular weight is 389 g/mol. The van der Waals surface area contributed by atoms with Gasteiger partial charge in [0.05, 0.1) is 5.56 Å². The summed E-state index contributed by atoms with van der Waals surface area (Å²) in [5.41, 5.74) is 2.94. The molecule has 1 fully saturated rings. The third-order valence-corrected chi connectivity index (χ3v) is 5.27. The van der Waals surface area contributed by atoms with Crippen LogP contribution in [-0.2, 0) is 16.1 Å². The number of carbonyl (C=O) groups excluding carboxylic acids is 3. The van der Waals surface area contributed by atoms with Crippen LogP contribution in [0.2, 0.25) is 0 Å². The van der Waals surface area contributed by atoms with E-state index < -0.39 is 11.7 Å². The van der Waals surface area contributed by atoms with E-state index in [1.54, 1.807) is 15.7 Å². The van der Waals surface area contributed by atoms with Gasteiger partial charge in [0.1, 0.15) is 6.54 Å². The summed E-state index contributed by atoms with van der Waals surface area (Å²) in [6, 6.07) is 14.9. The average Bonchev–Trinajstić information content (AvgIpc) is 3.38. The first-order valence-electron chi connectivity index (χ1n) is 9.81. The van der Waals surface area contributed by atoms with Gasteiger partial charge in [0.25, 0.3) is 11.7 Å². The van der Waals surface area contributed by atoms with Gasteiger partial charge in [-0.05, 0) is 38.0 Å². The Labute approximate surface area is 169 Å². The minimum atomic E-state index is -0.513. The van der Waals surface area contributed by atoms with Crippen LogP contribution in [0.3, 0.4) is 0 Å². The number of aromatic nitrogens is 1. The summed E-state index contributed by atoms with van der Waals surface area (Å²) in [6.07, 6.45) is 3.48. The van der Waals surface area contributed by atoms with Crippen molar-refractivity contribution in [3.8, 4) is 0 Å². The molecule has 2 heterocycles. The molecular weight excluding hydrogens is 366 g/mol. The van der Waals surface area contributed by atoms with Crippen LogP contribution in [0.25, 0.3) is 10.9 Å². The first-order valence-corrected chi connectivity index (χ1v) is 9.81. The first kappa shape index (κ1) is 18.9. The smallest absolute Gasteiger partial charge is 0.295 e. The van der Waals surface area contributed by atoms with Crippen molar-refractivity contribution in [2.24, 2.45) is 0 Å².